The van der Waals surface area contributed by atoms with Gasteiger partial charge >= 0.3 is 12.3 Å². The molecule has 0 saturated carbocycles. The lowest BCUT2D eigenvalue weighted by Crippen LogP contribution is -2.34. The van der Waals surface area contributed by atoms with Crippen molar-refractivity contribution >= 4 is 45.0 Å². The van der Waals surface area contributed by atoms with Gasteiger partial charge in [-0.2, -0.15) is 13.2 Å². The van der Waals surface area contributed by atoms with Crippen LogP contribution in [0.25, 0.3) is 0 Å². The third-order valence-corrected chi connectivity index (χ3v) is 5.72. The highest BCUT2D eigenvalue weighted by atomic mass is 79.9. The Morgan fingerprint density at radius 2 is 1.66 bits per heavy atom. The van der Waals surface area contributed by atoms with E-state index in [4.69, 9.17) is 14.2 Å². The summed E-state index contributed by atoms with van der Waals surface area (Å²) in [6, 6.07) is 8.97. The van der Waals surface area contributed by atoms with E-state index in [9.17, 15) is 27.2 Å². The Balaban J connectivity index is 1.85. The van der Waals surface area contributed by atoms with Crippen LogP contribution in [0.5, 0.6) is 11.6 Å². The van der Waals surface area contributed by atoms with Crippen molar-refractivity contribution in [3.8, 4) is 11.6 Å². The molecule has 0 aliphatic heterocycles. The Labute approximate surface area is 241 Å². The second-order valence-corrected chi connectivity index (χ2v) is 10.2. The summed E-state index contributed by atoms with van der Waals surface area (Å²) in [5.41, 5.74) is -1.78. The zero-order chi connectivity index (χ0) is 30.4. The Morgan fingerprint density at radius 3 is 2.29 bits per heavy atom. The summed E-state index contributed by atoms with van der Waals surface area (Å²) in [7, 11) is 1.40. The molecule has 2 aromatic carbocycles. The number of rotatable bonds is 9. The molecule has 0 radical (unpaired) electrons. The number of alkyl halides is 3. The third kappa shape index (κ3) is 9.23. The van der Waals surface area contributed by atoms with E-state index < -0.39 is 35.2 Å². The Morgan fingerprint density at radius 1 is 0.976 bits per heavy atom. The van der Waals surface area contributed by atoms with Crippen molar-refractivity contribution in [3.05, 3.63) is 70.1 Å². The van der Waals surface area contributed by atoms with E-state index >= 15 is 0 Å². The summed E-state index contributed by atoms with van der Waals surface area (Å²) in [5.74, 6) is -1.28. The second-order valence-electron chi connectivity index (χ2n) is 9.45. The molecule has 0 fully saturated rings. The Kier molecular flexibility index (Phi) is 10.0. The molecule has 0 unspecified atom stereocenters. The number of pyridine rings is 1. The van der Waals surface area contributed by atoms with Gasteiger partial charge in [0.05, 0.1) is 41.8 Å². The maximum atomic E-state index is 14.0. The van der Waals surface area contributed by atoms with Crippen molar-refractivity contribution in [2.24, 2.45) is 0 Å². The number of hydrogen-bond donors (Lipinski definition) is 3. The Hall–Kier alpha value is -4.07. The summed E-state index contributed by atoms with van der Waals surface area (Å²) in [4.78, 5) is 29.1. The highest BCUT2D eigenvalue weighted by molar-refractivity contribution is 9.10. The first-order valence-corrected chi connectivity index (χ1v) is 12.8. The zero-order valence-electron chi connectivity index (χ0n) is 22.4. The van der Waals surface area contributed by atoms with E-state index in [2.05, 4.69) is 36.9 Å². The van der Waals surface area contributed by atoms with Crippen LogP contribution in [0.3, 0.4) is 0 Å². The van der Waals surface area contributed by atoms with Crippen LogP contribution in [0, 0.1) is 5.82 Å². The summed E-state index contributed by atoms with van der Waals surface area (Å²) in [6.07, 6.45) is -5.39. The van der Waals surface area contributed by atoms with E-state index in [1.54, 1.807) is 20.8 Å². The summed E-state index contributed by atoms with van der Waals surface area (Å²) >= 11 is 3.19. The normalized spacial score (nSPS) is 11.4. The molecule has 0 atom stereocenters. The minimum absolute atomic E-state index is 0.00987. The molecular weight excluding hydrogens is 616 g/mol. The molecule has 3 N–H and O–H groups in total. The van der Waals surface area contributed by atoms with E-state index in [0.29, 0.717) is 6.07 Å². The molecular formula is C27H27BrF4N4O5. The summed E-state index contributed by atoms with van der Waals surface area (Å²) < 4.78 is 70.5. The number of nitrogens with one attached hydrogen (secondary N) is 3. The van der Waals surface area contributed by atoms with Crippen molar-refractivity contribution in [1.82, 2.24) is 10.3 Å². The third-order valence-electron chi connectivity index (χ3n) is 5.11. The maximum Gasteiger partial charge on any atom is 0.416 e. The number of benzene rings is 2. The number of carbonyl (C=O) groups is 2. The zero-order valence-corrected chi connectivity index (χ0v) is 24.0. The van der Waals surface area contributed by atoms with E-state index in [1.165, 1.54) is 25.3 Å². The smallest absolute Gasteiger partial charge is 0.416 e. The van der Waals surface area contributed by atoms with Crippen molar-refractivity contribution in [2.75, 3.05) is 30.9 Å². The number of ether oxygens (including phenoxy) is 3. The predicted molar refractivity (Wildman–Crippen MR) is 147 cm³/mol. The van der Waals surface area contributed by atoms with Crippen molar-refractivity contribution in [2.45, 2.75) is 32.5 Å². The predicted octanol–water partition coefficient (Wildman–Crippen LogP) is 6.91. The molecule has 41 heavy (non-hydrogen) atoms. The van der Waals surface area contributed by atoms with E-state index in [-0.39, 0.29) is 52.0 Å². The van der Waals surface area contributed by atoms with Crippen LogP contribution in [-0.2, 0) is 10.9 Å². The lowest BCUT2D eigenvalue weighted by atomic mass is 10.1. The van der Waals surface area contributed by atoms with E-state index in [1.807, 2.05) is 0 Å². The van der Waals surface area contributed by atoms with Gasteiger partial charge in [-0.05, 0) is 73.1 Å². The van der Waals surface area contributed by atoms with Crippen LogP contribution >= 0.6 is 15.9 Å². The van der Waals surface area contributed by atoms with Crippen molar-refractivity contribution < 1.29 is 41.4 Å². The number of amides is 2. The number of nitrogens with zero attached hydrogens (tertiary/aromatic N) is 1. The first-order chi connectivity index (χ1) is 19.2. The molecule has 3 aromatic rings. The average molecular weight is 643 g/mol. The molecule has 0 aliphatic carbocycles. The minimum Gasteiger partial charge on any atom is -0.489 e. The maximum absolute atomic E-state index is 14.0. The second kappa shape index (κ2) is 13.1. The first kappa shape index (κ1) is 31.5. The molecule has 14 heteroatoms. The van der Waals surface area contributed by atoms with E-state index in [0.717, 1.165) is 24.3 Å². The molecule has 1 heterocycles. The largest absolute Gasteiger partial charge is 0.489 e. The van der Waals surface area contributed by atoms with Gasteiger partial charge in [-0.3, -0.25) is 4.79 Å². The van der Waals surface area contributed by atoms with Gasteiger partial charge in [0.1, 0.15) is 28.4 Å². The van der Waals surface area contributed by atoms with Crippen LogP contribution < -0.4 is 25.4 Å². The standard InChI is InChI=1S/C27H27BrF4N4O5/c1-26(2,3)41-25(38)33-11-12-40-21-14-16(29)6-8-19(21)34-18-7-5-15(27(30,31)32)13-17(18)24(37)35-20-9-10-22(39-4)36-23(20)28/h5-10,13-14,34H,11-12H2,1-4H3,(H,33,38)(H,35,37). The topological polar surface area (TPSA) is 111 Å². The van der Waals surface area contributed by atoms with Gasteiger partial charge in [-0.1, -0.05) is 0 Å². The van der Waals surface area contributed by atoms with Crippen LogP contribution in [0.15, 0.2) is 53.1 Å². The molecule has 1 aromatic heterocycles. The van der Waals surface area contributed by atoms with Crippen LogP contribution in [0.4, 0.5) is 39.4 Å². The fourth-order valence-electron chi connectivity index (χ4n) is 3.32. The molecule has 220 valence electrons. The fourth-order valence-corrected chi connectivity index (χ4v) is 3.73. The minimum atomic E-state index is -4.72. The first-order valence-electron chi connectivity index (χ1n) is 12.1. The van der Waals surface area contributed by atoms with Gasteiger partial charge in [0.25, 0.3) is 5.91 Å². The lowest BCUT2D eigenvalue weighted by Gasteiger charge is -2.20. The average Bonchev–Trinajstić information content (AvgIpc) is 2.87. The summed E-state index contributed by atoms with van der Waals surface area (Å²) in [5, 5.41) is 7.86. The number of hydrogen-bond acceptors (Lipinski definition) is 7. The van der Waals surface area contributed by atoms with Gasteiger partial charge in [0.15, 0.2) is 0 Å². The fraction of sp³-hybridized carbons (Fsp3) is 0.296. The highest BCUT2D eigenvalue weighted by Crippen LogP contribution is 2.35. The van der Waals surface area contributed by atoms with Crippen molar-refractivity contribution in [1.29, 1.82) is 0 Å². The number of carbonyl (C=O) groups excluding carboxylic acids is 2. The quantitative estimate of drug-likeness (QED) is 0.132. The molecule has 0 spiro atoms. The lowest BCUT2D eigenvalue weighted by molar-refractivity contribution is -0.137. The van der Waals surface area contributed by atoms with Crippen LogP contribution in [0.2, 0.25) is 0 Å². The van der Waals surface area contributed by atoms with Gasteiger partial charge < -0.3 is 30.2 Å². The van der Waals surface area contributed by atoms with Gasteiger partial charge in [-0.15, -0.1) is 0 Å². The number of anilines is 3. The van der Waals surface area contributed by atoms with Gasteiger partial charge in [0, 0.05) is 12.1 Å². The number of methoxy groups -OCH3 is 1. The molecule has 0 aliphatic rings. The van der Waals surface area contributed by atoms with Gasteiger partial charge in [-0.25, -0.2) is 14.2 Å². The van der Waals surface area contributed by atoms with Crippen LogP contribution in [-0.4, -0.2) is 42.8 Å². The van der Waals surface area contributed by atoms with Crippen molar-refractivity contribution in [3.63, 3.8) is 0 Å². The highest BCUT2D eigenvalue weighted by Gasteiger charge is 2.32. The molecule has 0 bridgehead atoms. The SMILES string of the molecule is COc1ccc(NC(=O)c2cc(C(F)(F)F)ccc2Nc2ccc(F)cc2OCCNC(=O)OC(C)(C)C)c(Br)n1. The Bertz CT molecular complexity index is 1410. The molecule has 0 saturated heterocycles. The number of aromatic nitrogens is 1. The van der Waals surface area contributed by atoms with Gasteiger partial charge in [0.2, 0.25) is 5.88 Å². The molecule has 9 nitrogen and oxygen atoms in total. The van der Waals surface area contributed by atoms with Crippen LogP contribution in [0.1, 0.15) is 36.7 Å². The number of alkyl carbamates (subject to hydrolysis) is 1. The monoisotopic (exact) mass is 642 g/mol. The molecule has 2 amide bonds. The number of halogens is 5. The molecule has 3 rings (SSSR count). The summed E-state index contributed by atoms with van der Waals surface area (Å²) in [6.45, 7) is 5.04.